The van der Waals surface area contributed by atoms with Crippen molar-refractivity contribution < 1.29 is 19.1 Å². The van der Waals surface area contributed by atoms with E-state index >= 15 is 0 Å². The van der Waals surface area contributed by atoms with E-state index in [2.05, 4.69) is 11.9 Å². The molecule has 0 aromatic rings. The maximum absolute atomic E-state index is 11.7. The van der Waals surface area contributed by atoms with Crippen LogP contribution in [0, 0.1) is 5.92 Å². The number of amides is 2. The summed E-state index contributed by atoms with van der Waals surface area (Å²) in [5.41, 5.74) is 0.958. The number of nitrogens with zero attached hydrogens (tertiary/aromatic N) is 1. The van der Waals surface area contributed by atoms with Crippen LogP contribution in [0.15, 0.2) is 12.3 Å². The van der Waals surface area contributed by atoms with Crippen molar-refractivity contribution in [2.24, 2.45) is 5.92 Å². The van der Waals surface area contributed by atoms with Crippen molar-refractivity contribution in [1.29, 1.82) is 0 Å². The van der Waals surface area contributed by atoms with E-state index in [0.717, 1.165) is 44.3 Å². The second kappa shape index (κ2) is 12.9. The number of carbonyl (C=O) groups excluding carboxylic acids is 2. The third-order valence-corrected chi connectivity index (χ3v) is 4.43. The van der Waals surface area contributed by atoms with E-state index in [0.29, 0.717) is 32.8 Å². The van der Waals surface area contributed by atoms with Crippen LogP contribution in [0.3, 0.4) is 0 Å². The van der Waals surface area contributed by atoms with Gasteiger partial charge in [0, 0.05) is 43.8 Å². The van der Waals surface area contributed by atoms with Gasteiger partial charge in [0.25, 0.3) is 0 Å². The maximum Gasteiger partial charge on any atom is 0.227 e. The Kier molecular flexibility index (Phi) is 11.2. The molecule has 6 heteroatoms. The van der Waals surface area contributed by atoms with Crippen LogP contribution in [0.5, 0.6) is 0 Å². The fourth-order valence-corrected chi connectivity index (χ4v) is 2.77. The lowest BCUT2D eigenvalue weighted by Crippen LogP contribution is -2.34. The zero-order valence-corrected chi connectivity index (χ0v) is 16.7. The average Bonchev–Trinajstić information content (AvgIpc) is 2.90. The summed E-state index contributed by atoms with van der Waals surface area (Å²) in [5, 5.41) is 2.90. The summed E-state index contributed by atoms with van der Waals surface area (Å²) in [6.45, 7) is 13.0. The van der Waals surface area contributed by atoms with Crippen LogP contribution in [0.1, 0.15) is 59.3 Å². The Balaban J connectivity index is 1.87. The van der Waals surface area contributed by atoms with Gasteiger partial charge in [0.05, 0.1) is 13.2 Å². The largest absolute Gasteiger partial charge is 0.379 e. The Bertz CT molecular complexity index is 435. The van der Waals surface area contributed by atoms with E-state index in [1.165, 1.54) is 0 Å². The monoisotopic (exact) mass is 368 g/mol. The van der Waals surface area contributed by atoms with Crippen molar-refractivity contribution in [3.05, 3.63) is 12.3 Å². The van der Waals surface area contributed by atoms with Crippen LogP contribution >= 0.6 is 0 Å². The highest BCUT2D eigenvalue weighted by atomic mass is 16.5. The van der Waals surface area contributed by atoms with Crippen LogP contribution in [0.2, 0.25) is 0 Å². The zero-order valence-electron chi connectivity index (χ0n) is 16.7. The Morgan fingerprint density at radius 3 is 2.38 bits per heavy atom. The summed E-state index contributed by atoms with van der Waals surface area (Å²) in [6, 6.07) is 0.175. The molecule has 0 spiro atoms. The second-order valence-corrected chi connectivity index (χ2v) is 7.25. The number of nitrogens with one attached hydrogen (secondary N) is 1. The van der Waals surface area contributed by atoms with Crippen molar-refractivity contribution in [2.75, 3.05) is 33.0 Å². The SMILES string of the molecule is C=C1CCC(=O)N1CCCCCOCCOCCC(C)C(=O)NC(C)C. The highest BCUT2D eigenvalue weighted by Gasteiger charge is 2.22. The average molecular weight is 369 g/mol. The van der Waals surface area contributed by atoms with Crippen LogP contribution < -0.4 is 5.32 Å². The van der Waals surface area contributed by atoms with E-state index in [1.807, 2.05) is 25.7 Å². The molecule has 0 aromatic carbocycles. The van der Waals surface area contributed by atoms with E-state index in [9.17, 15) is 9.59 Å². The van der Waals surface area contributed by atoms with Gasteiger partial charge in [-0.15, -0.1) is 0 Å². The standard InChI is InChI=1S/C20H36N2O4/c1-16(2)21-20(24)17(3)10-13-26-15-14-25-12-7-5-6-11-22-18(4)8-9-19(22)23/h16-17H,4-15H2,1-3H3,(H,21,24). The van der Waals surface area contributed by atoms with Crippen molar-refractivity contribution in [3.8, 4) is 0 Å². The maximum atomic E-state index is 11.7. The Morgan fingerprint density at radius 2 is 1.77 bits per heavy atom. The third-order valence-electron chi connectivity index (χ3n) is 4.43. The van der Waals surface area contributed by atoms with Crippen molar-refractivity contribution in [1.82, 2.24) is 10.2 Å². The lowest BCUT2D eigenvalue weighted by atomic mass is 10.1. The van der Waals surface area contributed by atoms with Gasteiger partial charge >= 0.3 is 0 Å². The fourth-order valence-electron chi connectivity index (χ4n) is 2.77. The number of likely N-dealkylation sites (tertiary alicyclic amines) is 1. The summed E-state index contributed by atoms with van der Waals surface area (Å²) >= 11 is 0. The normalized spacial score (nSPS) is 15.8. The first-order chi connectivity index (χ1) is 12.4. The molecule has 1 atom stereocenters. The molecule has 0 saturated carbocycles. The van der Waals surface area contributed by atoms with E-state index in [-0.39, 0.29) is 23.8 Å². The molecule has 26 heavy (non-hydrogen) atoms. The minimum atomic E-state index is -0.0307. The Hall–Kier alpha value is -1.40. The molecule has 6 nitrogen and oxygen atoms in total. The molecule has 0 bridgehead atoms. The van der Waals surface area contributed by atoms with Crippen molar-refractivity contribution in [3.63, 3.8) is 0 Å². The number of rotatable bonds is 14. The van der Waals surface area contributed by atoms with Gasteiger partial charge in [-0.05, 0) is 46.0 Å². The summed E-state index contributed by atoms with van der Waals surface area (Å²) in [6.07, 6.45) is 5.16. The molecular weight excluding hydrogens is 332 g/mol. The van der Waals surface area contributed by atoms with Crippen LogP contribution in [0.25, 0.3) is 0 Å². The van der Waals surface area contributed by atoms with Gasteiger partial charge in [-0.2, -0.15) is 0 Å². The lowest BCUT2D eigenvalue weighted by molar-refractivity contribution is -0.127. The summed E-state index contributed by atoms with van der Waals surface area (Å²) in [7, 11) is 0. The number of hydrogen-bond donors (Lipinski definition) is 1. The first kappa shape index (κ1) is 22.6. The summed E-state index contributed by atoms with van der Waals surface area (Å²) in [5.74, 6) is 0.260. The topological polar surface area (TPSA) is 67.9 Å². The molecule has 1 unspecified atom stereocenters. The number of ether oxygens (including phenoxy) is 2. The molecule has 1 fully saturated rings. The molecule has 1 heterocycles. The molecule has 0 aromatic heterocycles. The molecule has 2 amide bonds. The molecule has 0 aliphatic carbocycles. The van der Waals surface area contributed by atoms with Gasteiger partial charge in [-0.1, -0.05) is 13.5 Å². The molecule has 0 radical (unpaired) electrons. The van der Waals surface area contributed by atoms with Crippen LogP contribution in [0.4, 0.5) is 0 Å². The molecule has 150 valence electrons. The first-order valence-electron chi connectivity index (χ1n) is 9.85. The van der Waals surface area contributed by atoms with Crippen LogP contribution in [-0.4, -0.2) is 55.7 Å². The van der Waals surface area contributed by atoms with E-state index in [4.69, 9.17) is 9.47 Å². The number of carbonyl (C=O) groups is 2. The first-order valence-corrected chi connectivity index (χ1v) is 9.85. The summed E-state index contributed by atoms with van der Waals surface area (Å²) in [4.78, 5) is 25.2. The second-order valence-electron chi connectivity index (χ2n) is 7.25. The highest BCUT2D eigenvalue weighted by molar-refractivity contribution is 5.81. The van der Waals surface area contributed by atoms with Gasteiger partial charge in [-0.3, -0.25) is 9.59 Å². The lowest BCUT2D eigenvalue weighted by Gasteiger charge is -2.16. The van der Waals surface area contributed by atoms with Gasteiger partial charge < -0.3 is 19.7 Å². The van der Waals surface area contributed by atoms with E-state index in [1.54, 1.807) is 0 Å². The summed E-state index contributed by atoms with van der Waals surface area (Å²) < 4.78 is 11.1. The van der Waals surface area contributed by atoms with Gasteiger partial charge in [0.15, 0.2) is 0 Å². The molecule has 1 rings (SSSR count). The fraction of sp³-hybridized carbons (Fsp3) is 0.800. The number of allylic oxidation sites excluding steroid dienone is 1. The Morgan fingerprint density at radius 1 is 1.08 bits per heavy atom. The Labute approximate surface area is 158 Å². The minimum Gasteiger partial charge on any atom is -0.379 e. The van der Waals surface area contributed by atoms with Crippen molar-refractivity contribution >= 4 is 11.8 Å². The zero-order chi connectivity index (χ0) is 19.4. The van der Waals surface area contributed by atoms with E-state index < -0.39 is 0 Å². The number of hydrogen-bond acceptors (Lipinski definition) is 4. The molecule has 1 aliphatic rings. The smallest absolute Gasteiger partial charge is 0.227 e. The van der Waals surface area contributed by atoms with Crippen molar-refractivity contribution in [2.45, 2.75) is 65.3 Å². The van der Waals surface area contributed by atoms with Crippen LogP contribution in [-0.2, 0) is 19.1 Å². The molecule has 1 saturated heterocycles. The molecule has 1 aliphatic heterocycles. The predicted molar refractivity (Wildman–Crippen MR) is 103 cm³/mol. The number of unbranched alkanes of at least 4 members (excludes halogenated alkanes) is 2. The van der Waals surface area contributed by atoms with Gasteiger partial charge in [0.1, 0.15) is 0 Å². The van der Waals surface area contributed by atoms with Gasteiger partial charge in [-0.25, -0.2) is 0 Å². The third kappa shape index (κ3) is 9.34. The predicted octanol–water partition coefficient (Wildman–Crippen LogP) is 2.88. The molecule has 1 N–H and O–H groups in total. The quantitative estimate of drug-likeness (QED) is 0.479. The van der Waals surface area contributed by atoms with Gasteiger partial charge in [0.2, 0.25) is 11.8 Å². The highest BCUT2D eigenvalue weighted by Crippen LogP contribution is 2.20. The molecular formula is C20H36N2O4. The minimum absolute atomic E-state index is 0.0307.